The van der Waals surface area contributed by atoms with Gasteiger partial charge in [-0.1, -0.05) is 31.5 Å². The van der Waals surface area contributed by atoms with E-state index in [1.807, 2.05) is 13.8 Å². The number of halogens is 3. The average molecular weight is 433 g/mol. The van der Waals surface area contributed by atoms with Crippen LogP contribution in [0.25, 0.3) is 22.5 Å². The first-order valence-electron chi connectivity index (χ1n) is 9.13. The Balaban J connectivity index is 2.22. The van der Waals surface area contributed by atoms with E-state index < -0.39 is 23.4 Å². The number of rotatable bonds is 6. The summed E-state index contributed by atoms with van der Waals surface area (Å²) < 4.78 is 33.3. The van der Waals surface area contributed by atoms with Crippen LogP contribution in [0.3, 0.4) is 0 Å². The van der Waals surface area contributed by atoms with Gasteiger partial charge in [0.2, 0.25) is 0 Å². The van der Waals surface area contributed by atoms with Gasteiger partial charge in [-0.2, -0.15) is 0 Å². The molecule has 1 aromatic heterocycles. The highest BCUT2D eigenvalue weighted by molar-refractivity contribution is 6.33. The summed E-state index contributed by atoms with van der Waals surface area (Å²) in [6.07, 6.45) is 2.21. The molecule has 0 bridgehead atoms. The molecule has 0 aliphatic heterocycles. The Labute approximate surface area is 177 Å². The molecule has 0 atom stereocenters. The summed E-state index contributed by atoms with van der Waals surface area (Å²) in [5, 5.41) is 9.23. The normalized spacial score (nSPS) is 11.0. The Morgan fingerprint density at radius 2 is 1.80 bits per heavy atom. The summed E-state index contributed by atoms with van der Waals surface area (Å²) in [5.41, 5.74) is 1.86. The number of aromatic nitrogens is 2. The fourth-order valence-electron chi connectivity index (χ4n) is 3.08. The standard InChI is InChI=1S/C22H19ClF2N2O3/c1-11(2)6-14-10-26-19(13-8-17(24)21(30-3)18(25)9-13)20(27-14)12-4-5-15(22(28)29)16(23)7-12/h4-5,7-11H,6H2,1-3H3,(H,28,29). The van der Waals surface area contributed by atoms with Crippen LogP contribution in [0.5, 0.6) is 5.75 Å². The van der Waals surface area contributed by atoms with Gasteiger partial charge in [0.1, 0.15) is 0 Å². The van der Waals surface area contributed by atoms with Gasteiger partial charge in [-0.25, -0.2) is 18.6 Å². The van der Waals surface area contributed by atoms with E-state index in [9.17, 15) is 18.7 Å². The third-order valence-electron chi connectivity index (χ3n) is 4.39. The highest BCUT2D eigenvalue weighted by Gasteiger charge is 2.19. The first kappa shape index (κ1) is 21.6. The van der Waals surface area contributed by atoms with Crippen molar-refractivity contribution in [2.24, 2.45) is 5.92 Å². The van der Waals surface area contributed by atoms with Gasteiger partial charge in [0.05, 0.1) is 34.8 Å². The molecule has 0 radical (unpaired) electrons. The van der Waals surface area contributed by atoms with Crippen LogP contribution in [0.2, 0.25) is 5.02 Å². The first-order chi connectivity index (χ1) is 14.2. The predicted molar refractivity (Wildman–Crippen MR) is 110 cm³/mol. The Hall–Kier alpha value is -3.06. The van der Waals surface area contributed by atoms with Crippen LogP contribution >= 0.6 is 11.6 Å². The molecule has 0 saturated heterocycles. The van der Waals surface area contributed by atoms with Crippen molar-refractivity contribution in [1.29, 1.82) is 0 Å². The third-order valence-corrected chi connectivity index (χ3v) is 4.70. The average Bonchev–Trinajstić information content (AvgIpc) is 2.66. The second-order valence-corrected chi connectivity index (χ2v) is 7.54. The quantitative estimate of drug-likeness (QED) is 0.545. The number of methoxy groups -OCH3 is 1. The lowest BCUT2D eigenvalue weighted by molar-refractivity contribution is 0.0697. The maximum Gasteiger partial charge on any atom is 0.337 e. The van der Waals surface area contributed by atoms with E-state index in [1.165, 1.54) is 25.3 Å². The van der Waals surface area contributed by atoms with Gasteiger partial charge in [-0.05, 0) is 36.6 Å². The molecule has 0 aliphatic rings. The summed E-state index contributed by atoms with van der Waals surface area (Å²) in [5.74, 6) is -3.08. The van der Waals surface area contributed by atoms with Gasteiger partial charge in [-0.3, -0.25) is 4.98 Å². The van der Waals surface area contributed by atoms with Crippen molar-refractivity contribution in [3.05, 3.63) is 64.4 Å². The molecule has 1 heterocycles. The molecule has 0 amide bonds. The number of hydrogen-bond acceptors (Lipinski definition) is 4. The minimum absolute atomic E-state index is 0.0223. The zero-order chi connectivity index (χ0) is 22.0. The van der Waals surface area contributed by atoms with E-state index in [2.05, 4.69) is 9.97 Å². The number of nitrogens with zero attached hydrogens (tertiary/aromatic N) is 2. The second kappa shape index (κ2) is 8.75. The maximum absolute atomic E-state index is 14.3. The molecule has 156 valence electrons. The Bertz CT molecular complexity index is 1100. The molecule has 3 aromatic rings. The number of carboxylic acids is 1. The zero-order valence-electron chi connectivity index (χ0n) is 16.5. The highest BCUT2D eigenvalue weighted by Crippen LogP contribution is 2.34. The number of carbonyl (C=O) groups is 1. The number of benzene rings is 2. The van der Waals surface area contributed by atoms with E-state index in [-0.39, 0.29) is 21.8 Å². The van der Waals surface area contributed by atoms with Crippen LogP contribution in [0.1, 0.15) is 29.9 Å². The van der Waals surface area contributed by atoms with E-state index in [0.29, 0.717) is 29.3 Å². The van der Waals surface area contributed by atoms with Crippen LogP contribution in [0.4, 0.5) is 8.78 Å². The Kier molecular flexibility index (Phi) is 6.31. The van der Waals surface area contributed by atoms with Crippen LogP contribution in [-0.2, 0) is 6.42 Å². The van der Waals surface area contributed by atoms with Crippen LogP contribution < -0.4 is 4.74 Å². The zero-order valence-corrected chi connectivity index (χ0v) is 17.3. The molecule has 0 saturated carbocycles. The highest BCUT2D eigenvalue weighted by atomic mass is 35.5. The molecule has 1 N–H and O–H groups in total. The van der Waals surface area contributed by atoms with E-state index in [0.717, 1.165) is 12.1 Å². The largest absolute Gasteiger partial charge is 0.491 e. The van der Waals surface area contributed by atoms with Crippen LogP contribution in [0, 0.1) is 17.6 Å². The molecular formula is C22H19ClF2N2O3. The fourth-order valence-corrected chi connectivity index (χ4v) is 3.34. The maximum atomic E-state index is 14.3. The van der Waals surface area contributed by atoms with Gasteiger partial charge >= 0.3 is 5.97 Å². The van der Waals surface area contributed by atoms with E-state index >= 15 is 0 Å². The van der Waals surface area contributed by atoms with Gasteiger partial charge in [0, 0.05) is 17.3 Å². The smallest absolute Gasteiger partial charge is 0.337 e. The summed E-state index contributed by atoms with van der Waals surface area (Å²) in [7, 11) is 1.18. The topological polar surface area (TPSA) is 72.3 Å². The minimum Gasteiger partial charge on any atom is -0.491 e. The summed E-state index contributed by atoms with van der Waals surface area (Å²) in [6, 6.07) is 6.58. The van der Waals surface area contributed by atoms with Gasteiger partial charge in [0.25, 0.3) is 0 Å². The molecule has 3 rings (SSSR count). The predicted octanol–water partition coefficient (Wildman–Crippen LogP) is 5.65. The molecule has 0 unspecified atom stereocenters. The van der Waals surface area contributed by atoms with Gasteiger partial charge in [-0.15, -0.1) is 0 Å². The summed E-state index contributed by atoms with van der Waals surface area (Å²) in [6.45, 7) is 4.06. The number of hydrogen-bond donors (Lipinski definition) is 1. The molecule has 30 heavy (non-hydrogen) atoms. The Morgan fingerprint density at radius 3 is 2.33 bits per heavy atom. The number of aromatic carboxylic acids is 1. The second-order valence-electron chi connectivity index (χ2n) is 7.13. The fraction of sp³-hybridized carbons (Fsp3) is 0.227. The molecule has 8 heteroatoms. The van der Waals surface area contributed by atoms with Crippen molar-refractivity contribution in [3.8, 4) is 28.3 Å². The third kappa shape index (κ3) is 4.41. The van der Waals surface area contributed by atoms with Gasteiger partial charge in [0.15, 0.2) is 17.4 Å². The SMILES string of the molecule is COc1c(F)cc(-c2ncc(CC(C)C)nc2-c2ccc(C(=O)O)c(Cl)c2)cc1F. The first-order valence-corrected chi connectivity index (χ1v) is 9.51. The van der Waals surface area contributed by atoms with Crippen LogP contribution in [-0.4, -0.2) is 28.2 Å². The van der Waals surface area contributed by atoms with Crippen molar-refractivity contribution in [2.45, 2.75) is 20.3 Å². The lowest BCUT2D eigenvalue weighted by atomic mass is 10.0. The van der Waals surface area contributed by atoms with Crippen molar-refractivity contribution in [2.75, 3.05) is 7.11 Å². The van der Waals surface area contributed by atoms with Crippen molar-refractivity contribution in [3.63, 3.8) is 0 Å². The molecule has 2 aromatic carbocycles. The van der Waals surface area contributed by atoms with E-state index in [4.69, 9.17) is 16.3 Å². The Morgan fingerprint density at radius 1 is 1.13 bits per heavy atom. The van der Waals surface area contributed by atoms with Crippen molar-refractivity contribution in [1.82, 2.24) is 9.97 Å². The monoisotopic (exact) mass is 432 g/mol. The molecule has 0 fully saturated rings. The number of ether oxygens (including phenoxy) is 1. The summed E-state index contributed by atoms with van der Waals surface area (Å²) in [4.78, 5) is 20.3. The minimum atomic E-state index is -1.16. The molecule has 0 spiro atoms. The van der Waals surface area contributed by atoms with E-state index in [1.54, 1.807) is 6.20 Å². The molecule has 5 nitrogen and oxygen atoms in total. The molecule has 0 aliphatic carbocycles. The number of carboxylic acid groups (broad SMARTS) is 1. The van der Waals surface area contributed by atoms with Crippen LogP contribution in [0.15, 0.2) is 36.5 Å². The van der Waals surface area contributed by atoms with Crippen molar-refractivity contribution < 1.29 is 23.4 Å². The summed E-state index contributed by atoms with van der Waals surface area (Å²) >= 11 is 6.12. The van der Waals surface area contributed by atoms with Crippen molar-refractivity contribution >= 4 is 17.6 Å². The van der Waals surface area contributed by atoms with Gasteiger partial charge < -0.3 is 9.84 Å². The molecular weight excluding hydrogens is 414 g/mol. The lowest BCUT2D eigenvalue weighted by Gasteiger charge is -2.13. The lowest BCUT2D eigenvalue weighted by Crippen LogP contribution is -2.04.